The van der Waals surface area contributed by atoms with Crippen molar-refractivity contribution in [2.75, 3.05) is 0 Å². The molecule has 0 spiro atoms. The van der Waals surface area contributed by atoms with Crippen LogP contribution in [0.25, 0.3) is 0 Å². The molecular weight excluding hydrogens is 172 g/mol. The molecule has 1 heteroatoms. The Morgan fingerprint density at radius 3 is 1.77 bits per heavy atom. The van der Waals surface area contributed by atoms with Gasteiger partial charge in [-0.3, -0.25) is 0 Å². The molecule has 0 aliphatic heterocycles. The predicted molar refractivity (Wildman–Crippen MR) is 62.2 cm³/mol. The molecule has 0 heterocycles. The summed E-state index contributed by atoms with van der Waals surface area (Å²) in [6.45, 7) is 12.9. The van der Waals surface area contributed by atoms with Crippen LogP contribution in [0.15, 0.2) is 12.7 Å². The molecule has 0 aliphatic rings. The first kappa shape index (κ1) is 13.0. The van der Waals surface area contributed by atoms with Gasteiger partial charge in [-0.1, -0.05) is 33.8 Å². The average molecular weight is 195 g/mol. The van der Waals surface area contributed by atoms with Crippen LogP contribution in [-0.4, -0.2) is 10.2 Å². The van der Waals surface area contributed by atoms with Crippen LogP contribution in [0, 0.1) is 11.8 Å². The molecule has 0 aromatic carbocycles. The molecule has 13 heavy (non-hydrogen) atoms. The molecule has 0 rings (SSSR count). The van der Waals surface area contributed by atoms with Crippen LogP contribution >= 0.6 is 0 Å². The highest BCUT2D eigenvalue weighted by Gasteiger charge is 2.24. The molecule has 0 aromatic heterocycles. The first-order chi connectivity index (χ1) is 5.89. The van der Waals surface area contributed by atoms with E-state index in [1.165, 1.54) is 12.8 Å². The fourth-order valence-electron chi connectivity index (χ4n) is 2.09. The summed E-state index contributed by atoms with van der Waals surface area (Å²) in [7, 11) is 3.93. The van der Waals surface area contributed by atoms with Crippen molar-refractivity contribution < 1.29 is 0 Å². The summed E-state index contributed by atoms with van der Waals surface area (Å²) < 4.78 is 0. The first-order valence-electron chi connectivity index (χ1n) is 5.25. The summed E-state index contributed by atoms with van der Waals surface area (Å²) in [6.07, 6.45) is 5.56. The zero-order valence-electron chi connectivity index (χ0n) is 9.56. The lowest BCUT2D eigenvalue weighted by atomic mass is 9.86. The van der Waals surface area contributed by atoms with Crippen molar-refractivity contribution in [3.63, 3.8) is 0 Å². The number of hydrogen-bond acceptors (Lipinski definition) is 0. The van der Waals surface area contributed by atoms with Crippen molar-refractivity contribution in [3.8, 4) is 0 Å². The Bertz CT molecular complexity index is 137. The van der Waals surface area contributed by atoms with Crippen LogP contribution in [0.1, 0.15) is 47.0 Å². The highest BCUT2D eigenvalue weighted by atomic mass is 28.1. The molecule has 3 radical (unpaired) electrons. The second-order valence-electron chi connectivity index (χ2n) is 4.97. The van der Waals surface area contributed by atoms with Gasteiger partial charge in [-0.25, -0.2) is 0 Å². The fourth-order valence-corrected chi connectivity index (χ4v) is 3.05. The summed E-state index contributed by atoms with van der Waals surface area (Å²) in [5, 5.41) is 0.282. The van der Waals surface area contributed by atoms with Gasteiger partial charge in [0.1, 0.15) is 0 Å². The summed E-state index contributed by atoms with van der Waals surface area (Å²) >= 11 is 0. The van der Waals surface area contributed by atoms with Gasteiger partial charge in [0.15, 0.2) is 0 Å². The molecule has 0 atom stereocenters. The third-order valence-electron chi connectivity index (χ3n) is 2.13. The van der Waals surface area contributed by atoms with Crippen molar-refractivity contribution in [1.29, 1.82) is 0 Å². The monoisotopic (exact) mass is 195 g/mol. The van der Waals surface area contributed by atoms with Crippen molar-refractivity contribution in [2.45, 2.75) is 52.0 Å². The maximum Gasteiger partial charge on any atom is 0.0318 e. The van der Waals surface area contributed by atoms with Crippen LogP contribution in [0.4, 0.5) is 0 Å². The number of hydrogen-bond donors (Lipinski definition) is 0. The van der Waals surface area contributed by atoms with Gasteiger partial charge in [-0.15, -0.1) is 6.58 Å². The predicted octanol–water partition coefficient (Wildman–Crippen LogP) is 3.98. The van der Waals surface area contributed by atoms with E-state index >= 15 is 0 Å². The lowest BCUT2D eigenvalue weighted by Crippen LogP contribution is -2.17. The molecule has 75 valence electrons. The van der Waals surface area contributed by atoms with Gasteiger partial charge in [-0.05, 0) is 36.1 Å². The SMILES string of the molecule is C=CCC([Si])(CC(C)C)CC(C)C. The molecule has 0 N–H and O–H groups in total. The maximum atomic E-state index is 3.93. The molecule has 0 nitrogen and oxygen atoms in total. The smallest absolute Gasteiger partial charge is 0.0318 e. The van der Waals surface area contributed by atoms with E-state index in [-0.39, 0.29) is 5.04 Å². The van der Waals surface area contributed by atoms with Gasteiger partial charge in [0.2, 0.25) is 0 Å². The quantitative estimate of drug-likeness (QED) is 0.444. The fraction of sp³-hybridized carbons (Fsp3) is 0.833. The van der Waals surface area contributed by atoms with Crippen molar-refractivity contribution in [3.05, 3.63) is 12.7 Å². The largest absolute Gasteiger partial charge is 0.103 e. The molecular formula is C12H23Si. The van der Waals surface area contributed by atoms with Gasteiger partial charge in [-0.2, -0.15) is 0 Å². The molecule has 0 amide bonds. The lowest BCUT2D eigenvalue weighted by Gasteiger charge is -2.32. The van der Waals surface area contributed by atoms with E-state index in [0.717, 1.165) is 18.3 Å². The molecule has 0 fully saturated rings. The Balaban J connectivity index is 4.23. The summed E-state index contributed by atoms with van der Waals surface area (Å²) in [4.78, 5) is 0. The lowest BCUT2D eigenvalue weighted by molar-refractivity contribution is 0.365. The van der Waals surface area contributed by atoms with E-state index in [0.29, 0.717) is 0 Å². The van der Waals surface area contributed by atoms with Crippen LogP contribution < -0.4 is 0 Å². The second-order valence-corrected chi connectivity index (χ2v) is 6.03. The Labute approximate surface area is 87.2 Å². The highest BCUT2D eigenvalue weighted by molar-refractivity contribution is 6.15. The van der Waals surface area contributed by atoms with E-state index in [2.05, 4.69) is 44.5 Å². The standard InChI is InChI=1S/C12H23Si/c1-6-7-12(13,8-10(2)3)9-11(4)5/h6,10-11H,1,7-9H2,2-5H3. The topological polar surface area (TPSA) is 0 Å². The van der Waals surface area contributed by atoms with Crippen molar-refractivity contribution >= 4 is 10.2 Å². The van der Waals surface area contributed by atoms with E-state index in [1.54, 1.807) is 0 Å². The molecule has 0 unspecified atom stereocenters. The van der Waals surface area contributed by atoms with E-state index < -0.39 is 0 Å². The third kappa shape index (κ3) is 6.09. The summed E-state index contributed by atoms with van der Waals surface area (Å²) in [5.41, 5.74) is 0. The van der Waals surface area contributed by atoms with Crippen molar-refractivity contribution in [1.82, 2.24) is 0 Å². The molecule has 0 saturated heterocycles. The summed E-state index contributed by atoms with van der Waals surface area (Å²) in [6, 6.07) is 0. The normalized spacial score (nSPS) is 12.5. The van der Waals surface area contributed by atoms with Gasteiger partial charge in [0.05, 0.1) is 0 Å². The zero-order valence-corrected chi connectivity index (χ0v) is 10.6. The minimum absolute atomic E-state index is 0.282. The minimum atomic E-state index is 0.282. The van der Waals surface area contributed by atoms with Crippen LogP contribution in [-0.2, 0) is 0 Å². The van der Waals surface area contributed by atoms with Gasteiger partial charge in [0.25, 0.3) is 0 Å². The van der Waals surface area contributed by atoms with E-state index in [9.17, 15) is 0 Å². The van der Waals surface area contributed by atoms with E-state index in [1.807, 2.05) is 6.08 Å². The Kier molecular flexibility index (Phi) is 5.62. The minimum Gasteiger partial charge on any atom is -0.103 e. The van der Waals surface area contributed by atoms with Crippen LogP contribution in [0.5, 0.6) is 0 Å². The second kappa shape index (κ2) is 5.64. The van der Waals surface area contributed by atoms with Crippen molar-refractivity contribution in [2.24, 2.45) is 11.8 Å². The highest BCUT2D eigenvalue weighted by Crippen LogP contribution is 2.40. The number of allylic oxidation sites excluding steroid dienone is 1. The molecule has 0 aliphatic carbocycles. The summed E-state index contributed by atoms with van der Waals surface area (Å²) in [5.74, 6) is 1.49. The molecule has 0 aromatic rings. The van der Waals surface area contributed by atoms with Crippen LogP contribution in [0.2, 0.25) is 5.04 Å². The van der Waals surface area contributed by atoms with Gasteiger partial charge < -0.3 is 0 Å². The number of rotatable bonds is 6. The Morgan fingerprint density at radius 1 is 1.15 bits per heavy atom. The maximum absolute atomic E-state index is 3.93. The van der Waals surface area contributed by atoms with Crippen LogP contribution in [0.3, 0.4) is 0 Å². The molecule has 0 saturated carbocycles. The average Bonchev–Trinajstić information content (AvgIpc) is 1.81. The first-order valence-corrected chi connectivity index (χ1v) is 5.75. The Hall–Kier alpha value is -0.0431. The van der Waals surface area contributed by atoms with Gasteiger partial charge >= 0.3 is 0 Å². The van der Waals surface area contributed by atoms with E-state index in [4.69, 9.17) is 0 Å². The van der Waals surface area contributed by atoms with Gasteiger partial charge in [0, 0.05) is 10.2 Å². The zero-order chi connectivity index (χ0) is 10.5. The third-order valence-corrected chi connectivity index (χ3v) is 2.75. The molecule has 0 bridgehead atoms. The Morgan fingerprint density at radius 2 is 1.54 bits per heavy atom.